The van der Waals surface area contributed by atoms with E-state index >= 15 is 0 Å². The number of hydrogen-bond donors (Lipinski definition) is 1. The molecule has 33 heavy (non-hydrogen) atoms. The fraction of sp³-hybridized carbons (Fsp3) is 0.148. The van der Waals surface area contributed by atoms with Crippen LogP contribution in [-0.4, -0.2) is 12.5 Å². The molecule has 0 aliphatic carbocycles. The molecule has 3 aromatic carbocycles. The molecule has 164 valence electrons. The largest absolute Gasteiger partial charge is 0.488 e. The smallest absolute Gasteiger partial charge is 0.261 e. The summed E-state index contributed by atoms with van der Waals surface area (Å²) >= 11 is 3.48. The zero-order chi connectivity index (χ0) is 23.5. The van der Waals surface area contributed by atoms with Gasteiger partial charge < -0.3 is 10.1 Å². The molecular weight excluding hydrogens is 478 g/mol. The first-order valence-electron chi connectivity index (χ1n) is 10.4. The predicted octanol–water partition coefficient (Wildman–Crippen LogP) is 5.56. The van der Waals surface area contributed by atoms with Crippen molar-refractivity contribution in [2.75, 3.05) is 6.54 Å². The standard InChI is InChI=1S/C27H22BrN3O2/c28-25-16-21(12-13-26(25)33-19-23-11-5-4-10-22(23)17-29)15-24(18-30)27(32)31-14-6-9-20-7-2-1-3-8-20/h1-5,7-8,10-13,15-16H,6,9,14,19H2,(H,31,32)/b24-15-. The highest BCUT2D eigenvalue weighted by Crippen LogP contribution is 2.28. The van der Waals surface area contributed by atoms with Gasteiger partial charge in [0.05, 0.1) is 16.1 Å². The van der Waals surface area contributed by atoms with E-state index in [-0.39, 0.29) is 12.2 Å². The second kappa shape index (κ2) is 12.2. The predicted molar refractivity (Wildman–Crippen MR) is 131 cm³/mol. The zero-order valence-electron chi connectivity index (χ0n) is 17.9. The van der Waals surface area contributed by atoms with Gasteiger partial charge in [0.25, 0.3) is 5.91 Å². The van der Waals surface area contributed by atoms with Crippen LogP contribution in [0.25, 0.3) is 6.08 Å². The summed E-state index contributed by atoms with van der Waals surface area (Å²) in [5.41, 5.74) is 3.32. The van der Waals surface area contributed by atoms with Crippen LogP contribution in [0.4, 0.5) is 0 Å². The fourth-order valence-corrected chi connectivity index (χ4v) is 3.70. The number of rotatable bonds is 9. The molecule has 0 heterocycles. The molecule has 0 saturated carbocycles. The van der Waals surface area contributed by atoms with Gasteiger partial charge in [-0.15, -0.1) is 0 Å². The summed E-state index contributed by atoms with van der Waals surface area (Å²) < 4.78 is 6.52. The highest BCUT2D eigenvalue weighted by molar-refractivity contribution is 9.10. The number of amides is 1. The van der Waals surface area contributed by atoms with Crippen molar-refractivity contribution in [3.63, 3.8) is 0 Å². The molecule has 6 heteroatoms. The van der Waals surface area contributed by atoms with E-state index in [2.05, 4.69) is 39.4 Å². The van der Waals surface area contributed by atoms with Gasteiger partial charge in [0.2, 0.25) is 0 Å². The molecule has 3 rings (SSSR count). The van der Waals surface area contributed by atoms with Gasteiger partial charge >= 0.3 is 0 Å². The fourth-order valence-electron chi connectivity index (χ4n) is 3.18. The van der Waals surface area contributed by atoms with Crippen LogP contribution in [0.5, 0.6) is 5.75 Å². The van der Waals surface area contributed by atoms with E-state index < -0.39 is 5.91 Å². The molecule has 0 spiro atoms. The van der Waals surface area contributed by atoms with E-state index in [1.165, 1.54) is 5.56 Å². The highest BCUT2D eigenvalue weighted by atomic mass is 79.9. The van der Waals surface area contributed by atoms with Crippen molar-refractivity contribution < 1.29 is 9.53 Å². The maximum atomic E-state index is 12.4. The van der Waals surface area contributed by atoms with Crippen molar-refractivity contribution in [3.05, 3.63) is 105 Å². The van der Waals surface area contributed by atoms with Crippen LogP contribution < -0.4 is 10.1 Å². The first kappa shape index (κ1) is 23.8. The second-order valence-corrected chi connectivity index (χ2v) is 8.12. The third-order valence-corrected chi connectivity index (χ3v) is 5.54. The van der Waals surface area contributed by atoms with Crippen LogP contribution in [0.1, 0.15) is 28.7 Å². The second-order valence-electron chi connectivity index (χ2n) is 7.26. The van der Waals surface area contributed by atoms with E-state index in [0.29, 0.717) is 27.9 Å². The Morgan fingerprint density at radius 1 is 1.03 bits per heavy atom. The first-order chi connectivity index (χ1) is 16.1. The molecule has 0 unspecified atom stereocenters. The first-order valence-corrected chi connectivity index (χ1v) is 11.2. The molecule has 0 fully saturated rings. The Morgan fingerprint density at radius 2 is 1.79 bits per heavy atom. The summed E-state index contributed by atoms with van der Waals surface area (Å²) in [5, 5.41) is 21.4. The number of benzene rings is 3. The third-order valence-electron chi connectivity index (χ3n) is 4.92. The molecule has 0 aliphatic heterocycles. The summed E-state index contributed by atoms with van der Waals surface area (Å²) in [5.74, 6) is 0.207. The minimum atomic E-state index is -0.393. The van der Waals surface area contributed by atoms with Crippen LogP contribution in [0.15, 0.2) is 82.8 Å². The van der Waals surface area contributed by atoms with Crippen LogP contribution in [-0.2, 0) is 17.8 Å². The van der Waals surface area contributed by atoms with Gasteiger partial charge in [0.15, 0.2) is 0 Å². The van der Waals surface area contributed by atoms with Crippen molar-refractivity contribution in [2.45, 2.75) is 19.4 Å². The average Bonchev–Trinajstić information content (AvgIpc) is 2.85. The summed E-state index contributed by atoms with van der Waals surface area (Å²) in [6, 6.07) is 26.8. The van der Waals surface area contributed by atoms with Gasteiger partial charge in [0, 0.05) is 12.1 Å². The Kier molecular flexibility index (Phi) is 8.82. The Labute approximate surface area is 202 Å². The maximum Gasteiger partial charge on any atom is 0.261 e. The minimum Gasteiger partial charge on any atom is -0.488 e. The number of carbonyl (C=O) groups is 1. The van der Waals surface area contributed by atoms with E-state index in [4.69, 9.17) is 4.74 Å². The minimum absolute atomic E-state index is 0.0400. The lowest BCUT2D eigenvalue weighted by Gasteiger charge is -2.10. The number of aryl methyl sites for hydroxylation is 1. The van der Waals surface area contributed by atoms with Crippen molar-refractivity contribution in [1.29, 1.82) is 10.5 Å². The summed E-state index contributed by atoms with van der Waals surface area (Å²) in [7, 11) is 0. The van der Waals surface area contributed by atoms with Crippen molar-refractivity contribution in [1.82, 2.24) is 5.32 Å². The molecule has 0 saturated heterocycles. The molecule has 0 radical (unpaired) electrons. The lowest BCUT2D eigenvalue weighted by Crippen LogP contribution is -2.25. The van der Waals surface area contributed by atoms with Gasteiger partial charge in [-0.25, -0.2) is 0 Å². The third kappa shape index (κ3) is 7.07. The van der Waals surface area contributed by atoms with Gasteiger partial charge in [-0.2, -0.15) is 10.5 Å². The van der Waals surface area contributed by atoms with Crippen molar-refractivity contribution in [2.24, 2.45) is 0 Å². The molecule has 3 aromatic rings. The van der Waals surface area contributed by atoms with Crippen molar-refractivity contribution in [3.8, 4) is 17.9 Å². The molecule has 0 atom stereocenters. The summed E-state index contributed by atoms with van der Waals surface area (Å²) in [4.78, 5) is 12.4. The molecule has 1 amide bonds. The number of nitrogens with one attached hydrogen (secondary N) is 1. The lowest BCUT2D eigenvalue weighted by atomic mass is 10.1. The lowest BCUT2D eigenvalue weighted by molar-refractivity contribution is -0.117. The van der Waals surface area contributed by atoms with Gasteiger partial charge in [-0.1, -0.05) is 54.6 Å². The van der Waals surface area contributed by atoms with E-state index in [1.807, 2.05) is 42.5 Å². The van der Waals surface area contributed by atoms with Gasteiger partial charge in [-0.3, -0.25) is 4.79 Å². The van der Waals surface area contributed by atoms with Crippen molar-refractivity contribution >= 4 is 27.9 Å². The Hall–Kier alpha value is -3.87. The van der Waals surface area contributed by atoms with E-state index in [1.54, 1.807) is 30.3 Å². The van der Waals surface area contributed by atoms with Crippen LogP contribution in [0.3, 0.4) is 0 Å². The normalized spacial score (nSPS) is 10.7. The molecule has 1 N–H and O–H groups in total. The number of ether oxygens (including phenoxy) is 1. The molecular formula is C27H22BrN3O2. The summed E-state index contributed by atoms with van der Waals surface area (Å²) in [6.45, 7) is 0.750. The molecule has 0 aliphatic rings. The maximum absolute atomic E-state index is 12.4. The SMILES string of the molecule is N#C/C(=C/c1ccc(OCc2ccccc2C#N)c(Br)c1)C(=O)NCCCc1ccccc1. The van der Waals surface area contributed by atoms with Crippen LogP contribution in [0.2, 0.25) is 0 Å². The summed E-state index contributed by atoms with van der Waals surface area (Å²) in [6.07, 6.45) is 3.20. The number of nitrogens with zero attached hydrogens (tertiary/aromatic N) is 2. The van der Waals surface area contributed by atoms with Gasteiger partial charge in [0.1, 0.15) is 24.0 Å². The number of hydrogen-bond acceptors (Lipinski definition) is 4. The van der Waals surface area contributed by atoms with Crippen LogP contribution in [0, 0.1) is 22.7 Å². The Bertz CT molecular complexity index is 1220. The number of nitriles is 2. The van der Waals surface area contributed by atoms with E-state index in [9.17, 15) is 15.3 Å². The zero-order valence-corrected chi connectivity index (χ0v) is 19.5. The quantitative estimate of drug-likeness (QED) is 0.237. The molecule has 0 bridgehead atoms. The van der Waals surface area contributed by atoms with Crippen LogP contribution >= 0.6 is 15.9 Å². The average molecular weight is 500 g/mol. The Balaban J connectivity index is 1.57. The molecule has 0 aromatic heterocycles. The van der Waals surface area contributed by atoms with Gasteiger partial charge in [-0.05, 0) is 64.2 Å². The number of halogens is 1. The number of carbonyl (C=O) groups excluding carboxylic acids is 1. The topological polar surface area (TPSA) is 85.9 Å². The molecule has 5 nitrogen and oxygen atoms in total. The van der Waals surface area contributed by atoms with E-state index in [0.717, 1.165) is 18.4 Å². The highest BCUT2D eigenvalue weighted by Gasteiger charge is 2.10. The Morgan fingerprint density at radius 3 is 2.52 bits per heavy atom. The monoisotopic (exact) mass is 499 g/mol.